The monoisotopic (exact) mass is 316 g/mol. The number of piperazine rings is 1. The SMILES string of the molecule is COc1cc(C(F)(F)F)ccc1CCCCN1CCNCC1. The van der Waals surface area contributed by atoms with Gasteiger partial charge in [-0.1, -0.05) is 6.07 Å². The fraction of sp³-hybridized carbons (Fsp3) is 0.625. The summed E-state index contributed by atoms with van der Waals surface area (Å²) < 4.78 is 43.2. The van der Waals surface area contributed by atoms with Gasteiger partial charge in [-0.3, -0.25) is 0 Å². The lowest BCUT2D eigenvalue weighted by molar-refractivity contribution is -0.137. The van der Waals surface area contributed by atoms with E-state index in [0.717, 1.165) is 69.7 Å². The van der Waals surface area contributed by atoms with Crippen molar-refractivity contribution in [1.29, 1.82) is 0 Å². The van der Waals surface area contributed by atoms with Crippen LogP contribution in [0.3, 0.4) is 0 Å². The predicted molar refractivity (Wildman–Crippen MR) is 80.2 cm³/mol. The second-order valence-corrected chi connectivity index (χ2v) is 5.57. The van der Waals surface area contributed by atoms with Crippen LogP contribution in [-0.2, 0) is 12.6 Å². The normalized spacial score (nSPS) is 16.7. The van der Waals surface area contributed by atoms with E-state index < -0.39 is 11.7 Å². The van der Waals surface area contributed by atoms with Crippen LogP contribution in [0, 0.1) is 0 Å². The van der Waals surface area contributed by atoms with E-state index in [1.54, 1.807) is 0 Å². The van der Waals surface area contributed by atoms with Crippen molar-refractivity contribution in [2.75, 3.05) is 39.8 Å². The van der Waals surface area contributed by atoms with Crippen molar-refractivity contribution in [3.05, 3.63) is 29.3 Å². The molecule has 0 spiro atoms. The summed E-state index contributed by atoms with van der Waals surface area (Å²) in [6.07, 6.45) is -1.59. The Hall–Kier alpha value is -1.27. The number of aryl methyl sites for hydroxylation is 1. The van der Waals surface area contributed by atoms with Crippen molar-refractivity contribution in [3.63, 3.8) is 0 Å². The maximum Gasteiger partial charge on any atom is 0.416 e. The number of nitrogens with zero attached hydrogens (tertiary/aromatic N) is 1. The van der Waals surface area contributed by atoms with Gasteiger partial charge in [0.05, 0.1) is 12.7 Å². The summed E-state index contributed by atoms with van der Waals surface area (Å²) in [7, 11) is 1.42. The molecule has 1 aliphatic rings. The van der Waals surface area contributed by atoms with Crippen molar-refractivity contribution >= 4 is 0 Å². The molecular weight excluding hydrogens is 293 g/mol. The third-order valence-electron chi connectivity index (χ3n) is 3.99. The third-order valence-corrected chi connectivity index (χ3v) is 3.99. The first-order valence-electron chi connectivity index (χ1n) is 7.68. The standard InChI is InChI=1S/C16H23F3N2O/c1-22-15-12-14(16(17,18)19)6-5-13(15)4-2-3-9-21-10-7-20-8-11-21/h5-6,12,20H,2-4,7-11H2,1H3. The molecule has 1 aliphatic heterocycles. The highest BCUT2D eigenvalue weighted by Crippen LogP contribution is 2.33. The van der Waals surface area contributed by atoms with Crippen LogP contribution in [0.15, 0.2) is 18.2 Å². The molecule has 0 saturated carbocycles. The highest BCUT2D eigenvalue weighted by molar-refractivity contribution is 5.38. The van der Waals surface area contributed by atoms with Crippen molar-refractivity contribution < 1.29 is 17.9 Å². The first-order valence-corrected chi connectivity index (χ1v) is 7.68. The van der Waals surface area contributed by atoms with Gasteiger partial charge in [-0.15, -0.1) is 0 Å². The largest absolute Gasteiger partial charge is 0.496 e. The van der Waals surface area contributed by atoms with Gasteiger partial charge in [0, 0.05) is 26.2 Å². The summed E-state index contributed by atoms with van der Waals surface area (Å²) in [5.74, 6) is 0.331. The topological polar surface area (TPSA) is 24.5 Å². The second-order valence-electron chi connectivity index (χ2n) is 5.57. The highest BCUT2D eigenvalue weighted by Gasteiger charge is 2.31. The highest BCUT2D eigenvalue weighted by atomic mass is 19.4. The van der Waals surface area contributed by atoms with Crippen LogP contribution in [0.2, 0.25) is 0 Å². The van der Waals surface area contributed by atoms with Gasteiger partial charge in [0.15, 0.2) is 0 Å². The Labute approximate surface area is 129 Å². The summed E-state index contributed by atoms with van der Waals surface area (Å²) in [6, 6.07) is 3.76. The van der Waals surface area contributed by atoms with Crippen LogP contribution in [0.5, 0.6) is 5.75 Å². The Balaban J connectivity index is 1.84. The van der Waals surface area contributed by atoms with Crippen LogP contribution in [0.1, 0.15) is 24.0 Å². The Morgan fingerprint density at radius 1 is 1.18 bits per heavy atom. The van der Waals surface area contributed by atoms with E-state index in [9.17, 15) is 13.2 Å². The van der Waals surface area contributed by atoms with Gasteiger partial charge in [-0.2, -0.15) is 13.2 Å². The molecule has 3 nitrogen and oxygen atoms in total. The van der Waals surface area contributed by atoms with E-state index in [4.69, 9.17) is 4.74 Å². The number of methoxy groups -OCH3 is 1. The van der Waals surface area contributed by atoms with Gasteiger partial charge >= 0.3 is 6.18 Å². The number of alkyl halides is 3. The molecular formula is C16H23F3N2O. The van der Waals surface area contributed by atoms with Crippen LogP contribution in [-0.4, -0.2) is 44.7 Å². The molecule has 0 bridgehead atoms. The number of hydrogen-bond acceptors (Lipinski definition) is 3. The first kappa shape index (κ1) is 17.1. The summed E-state index contributed by atoms with van der Waals surface area (Å²) in [4.78, 5) is 2.42. The quantitative estimate of drug-likeness (QED) is 0.817. The van der Waals surface area contributed by atoms with Crippen molar-refractivity contribution in [2.24, 2.45) is 0 Å². The van der Waals surface area contributed by atoms with E-state index in [0.29, 0.717) is 5.75 Å². The number of hydrogen-bond donors (Lipinski definition) is 1. The van der Waals surface area contributed by atoms with E-state index in [-0.39, 0.29) is 0 Å². The molecule has 124 valence electrons. The van der Waals surface area contributed by atoms with Crippen LogP contribution < -0.4 is 10.1 Å². The molecule has 0 radical (unpaired) electrons. The van der Waals surface area contributed by atoms with Crippen LogP contribution in [0.4, 0.5) is 13.2 Å². The third kappa shape index (κ3) is 4.88. The maximum atomic E-state index is 12.7. The summed E-state index contributed by atoms with van der Waals surface area (Å²) in [5, 5.41) is 3.31. The minimum absolute atomic E-state index is 0.331. The molecule has 1 fully saturated rings. The molecule has 1 saturated heterocycles. The number of benzene rings is 1. The van der Waals surface area contributed by atoms with Gasteiger partial charge in [0.1, 0.15) is 5.75 Å². The fourth-order valence-corrected chi connectivity index (χ4v) is 2.71. The van der Waals surface area contributed by atoms with Crippen molar-refractivity contribution in [3.8, 4) is 5.75 Å². The number of halogens is 3. The lowest BCUT2D eigenvalue weighted by Crippen LogP contribution is -2.43. The molecule has 0 aliphatic carbocycles. The molecule has 0 aromatic heterocycles. The Morgan fingerprint density at radius 2 is 1.91 bits per heavy atom. The Morgan fingerprint density at radius 3 is 2.55 bits per heavy atom. The van der Waals surface area contributed by atoms with Crippen molar-refractivity contribution in [1.82, 2.24) is 10.2 Å². The van der Waals surface area contributed by atoms with Gasteiger partial charge in [-0.25, -0.2) is 0 Å². The predicted octanol–water partition coefficient (Wildman–Crippen LogP) is 2.94. The zero-order valence-corrected chi connectivity index (χ0v) is 12.9. The number of unbranched alkanes of at least 4 members (excludes halogenated alkanes) is 1. The summed E-state index contributed by atoms with van der Waals surface area (Å²) >= 11 is 0. The molecule has 22 heavy (non-hydrogen) atoms. The van der Waals surface area contributed by atoms with Gasteiger partial charge in [-0.05, 0) is 43.5 Å². The molecule has 0 atom stereocenters. The first-order chi connectivity index (χ1) is 10.5. The van der Waals surface area contributed by atoms with E-state index in [2.05, 4.69) is 10.2 Å². The average Bonchev–Trinajstić information content (AvgIpc) is 2.51. The fourth-order valence-electron chi connectivity index (χ4n) is 2.71. The molecule has 1 aromatic rings. The van der Waals surface area contributed by atoms with Crippen molar-refractivity contribution in [2.45, 2.75) is 25.4 Å². The minimum Gasteiger partial charge on any atom is -0.496 e. The van der Waals surface area contributed by atoms with Crippen LogP contribution in [0.25, 0.3) is 0 Å². The summed E-state index contributed by atoms with van der Waals surface area (Å²) in [5.41, 5.74) is 0.185. The van der Waals surface area contributed by atoms with Gasteiger partial charge < -0.3 is 15.0 Å². The minimum atomic E-state index is -4.33. The van der Waals surface area contributed by atoms with E-state index in [1.807, 2.05) is 0 Å². The molecule has 0 unspecified atom stereocenters. The molecule has 1 heterocycles. The number of nitrogens with one attached hydrogen (secondary N) is 1. The molecule has 1 N–H and O–H groups in total. The maximum absolute atomic E-state index is 12.7. The smallest absolute Gasteiger partial charge is 0.416 e. The van der Waals surface area contributed by atoms with E-state index >= 15 is 0 Å². The zero-order valence-electron chi connectivity index (χ0n) is 12.9. The second kappa shape index (κ2) is 7.83. The lowest BCUT2D eigenvalue weighted by atomic mass is 10.0. The Kier molecular flexibility index (Phi) is 6.08. The molecule has 6 heteroatoms. The van der Waals surface area contributed by atoms with Crippen LogP contribution >= 0.6 is 0 Å². The van der Waals surface area contributed by atoms with Gasteiger partial charge in [0.2, 0.25) is 0 Å². The zero-order chi connectivity index (χ0) is 16.0. The average molecular weight is 316 g/mol. The Bertz CT molecular complexity index is 471. The van der Waals surface area contributed by atoms with Gasteiger partial charge in [0.25, 0.3) is 0 Å². The number of rotatable bonds is 6. The molecule has 0 amide bonds. The summed E-state index contributed by atoms with van der Waals surface area (Å²) in [6.45, 7) is 5.26. The molecule has 2 rings (SSSR count). The number of ether oxygens (including phenoxy) is 1. The molecule has 1 aromatic carbocycles. The van der Waals surface area contributed by atoms with E-state index in [1.165, 1.54) is 13.2 Å². The lowest BCUT2D eigenvalue weighted by Gasteiger charge is -2.27.